The Hall–Kier alpha value is 0.420. The molecule has 0 atom stereocenters. The zero-order valence-electron chi connectivity index (χ0n) is 4.15. The van der Waals surface area contributed by atoms with Gasteiger partial charge in [-0.2, -0.15) is 30.2 Å². The van der Waals surface area contributed by atoms with Crippen molar-refractivity contribution in [3.05, 3.63) is 0 Å². The molecule has 0 aliphatic rings. The maximum Gasteiger partial charge on any atom is 0.307 e. The first-order valence-corrected chi connectivity index (χ1v) is 3.44. The predicted molar refractivity (Wildman–Crippen MR) is 32.4 cm³/mol. The van der Waals surface area contributed by atoms with Crippen LogP contribution < -0.4 is 0 Å². The lowest BCUT2D eigenvalue weighted by molar-refractivity contribution is 0.125. The van der Waals surface area contributed by atoms with Gasteiger partial charge >= 0.3 is 5.25 Å². The van der Waals surface area contributed by atoms with Crippen molar-refractivity contribution < 1.29 is 17.6 Å². The number of hydrogen-bond donors (Lipinski definition) is 1. The molecule has 0 aliphatic carbocycles. The molecule has 0 bridgehead atoms. The van der Waals surface area contributed by atoms with E-state index in [1.54, 1.807) is 0 Å². The minimum absolute atomic E-state index is 0.686. The average molecular weight is 180 g/mol. The van der Waals surface area contributed by atoms with E-state index in [0.29, 0.717) is 0 Å². The van der Waals surface area contributed by atoms with E-state index in [1.165, 1.54) is 0 Å². The average Bonchev–Trinajstić information content (AvgIpc) is 1.63. The van der Waals surface area contributed by atoms with Crippen LogP contribution in [0.15, 0.2) is 0 Å². The summed E-state index contributed by atoms with van der Waals surface area (Å²) in [5, 5.41) is -3.41. The largest absolute Gasteiger partial charge is 0.307 e. The van der Waals surface area contributed by atoms with Crippen LogP contribution in [-0.2, 0) is 0 Å². The molecule has 0 aliphatic heterocycles. The molecule has 0 saturated carbocycles. The summed E-state index contributed by atoms with van der Waals surface area (Å²) in [5.41, 5.74) is 0. The van der Waals surface area contributed by atoms with Crippen molar-refractivity contribution >= 4 is 24.4 Å². The van der Waals surface area contributed by atoms with Crippen molar-refractivity contribution in [3.63, 3.8) is 0 Å². The summed E-state index contributed by atoms with van der Waals surface area (Å²) in [6.45, 7) is 0. The van der Waals surface area contributed by atoms with E-state index in [1.807, 2.05) is 0 Å². The van der Waals surface area contributed by atoms with Crippen molar-refractivity contribution in [2.75, 3.05) is 5.75 Å². The molecule has 0 saturated heterocycles. The Kier molecular flexibility index (Phi) is 3.72. The lowest BCUT2D eigenvalue weighted by Crippen LogP contribution is -2.14. The summed E-state index contributed by atoms with van der Waals surface area (Å²) < 4.78 is 46.0. The monoisotopic (exact) mass is 180 g/mol. The van der Waals surface area contributed by atoms with Crippen LogP contribution in [0.1, 0.15) is 0 Å². The van der Waals surface area contributed by atoms with Gasteiger partial charge in [-0.15, -0.1) is 0 Å². The smallest absolute Gasteiger partial charge is 0.198 e. The third-order valence-corrected chi connectivity index (χ3v) is 1.72. The van der Waals surface area contributed by atoms with Crippen LogP contribution in [-0.4, -0.2) is 16.8 Å². The van der Waals surface area contributed by atoms with Crippen molar-refractivity contribution in [3.8, 4) is 0 Å². The molecule has 0 aromatic carbocycles. The van der Waals surface area contributed by atoms with Gasteiger partial charge in [0.2, 0.25) is 0 Å². The Labute approximate surface area is 59.4 Å². The first kappa shape index (κ1) is 9.42. The maximum atomic E-state index is 11.8. The van der Waals surface area contributed by atoms with Crippen LogP contribution >= 0.6 is 24.4 Å². The zero-order chi connectivity index (χ0) is 7.49. The van der Waals surface area contributed by atoms with Crippen molar-refractivity contribution in [1.29, 1.82) is 0 Å². The number of halogens is 4. The lowest BCUT2D eigenvalue weighted by Gasteiger charge is -2.10. The van der Waals surface area contributed by atoms with Gasteiger partial charge in [-0.3, -0.25) is 0 Å². The van der Waals surface area contributed by atoms with Crippen LogP contribution in [0.2, 0.25) is 0 Å². The van der Waals surface area contributed by atoms with E-state index in [-0.39, 0.29) is 0 Å². The van der Waals surface area contributed by atoms with Crippen LogP contribution in [0.4, 0.5) is 17.6 Å². The molecule has 0 N–H and O–H groups in total. The highest BCUT2D eigenvalue weighted by molar-refractivity contribution is 8.01. The van der Waals surface area contributed by atoms with Gasteiger partial charge in [0.1, 0.15) is 0 Å². The second-order valence-corrected chi connectivity index (χ2v) is 2.68. The number of alkyl halides is 4. The van der Waals surface area contributed by atoms with E-state index in [9.17, 15) is 17.6 Å². The molecule has 0 fully saturated rings. The van der Waals surface area contributed by atoms with Crippen LogP contribution in [0.5, 0.6) is 0 Å². The fourth-order valence-electron chi connectivity index (χ4n) is 0.168. The summed E-state index contributed by atoms with van der Waals surface area (Å²) >= 11 is 2.49. The molecular formula is C3H4F4S2. The molecule has 0 aromatic heterocycles. The summed E-state index contributed by atoms with van der Waals surface area (Å²) in [6, 6.07) is 0. The molecule has 0 unspecified atom stereocenters. The Bertz CT molecular complexity index is 83.9. The SMILES string of the molecule is FC(F)SC(F)(F)CS. The Morgan fingerprint density at radius 1 is 1.44 bits per heavy atom. The Morgan fingerprint density at radius 2 is 1.89 bits per heavy atom. The van der Waals surface area contributed by atoms with E-state index >= 15 is 0 Å². The van der Waals surface area contributed by atoms with Gasteiger partial charge in [-0.1, -0.05) is 0 Å². The van der Waals surface area contributed by atoms with Crippen LogP contribution in [0, 0.1) is 0 Å². The first-order chi connectivity index (χ1) is 3.98. The quantitative estimate of drug-likeness (QED) is 0.514. The highest BCUT2D eigenvalue weighted by atomic mass is 32.2. The van der Waals surface area contributed by atoms with Crippen molar-refractivity contribution in [1.82, 2.24) is 0 Å². The van der Waals surface area contributed by atoms with Crippen LogP contribution in [0.25, 0.3) is 0 Å². The normalized spacial score (nSPS) is 12.7. The minimum Gasteiger partial charge on any atom is -0.198 e. The van der Waals surface area contributed by atoms with Gasteiger partial charge in [-0.25, -0.2) is 0 Å². The van der Waals surface area contributed by atoms with Gasteiger partial charge in [0.25, 0.3) is 5.76 Å². The fraction of sp³-hybridized carbons (Fsp3) is 1.00. The van der Waals surface area contributed by atoms with E-state index in [4.69, 9.17) is 0 Å². The van der Waals surface area contributed by atoms with Gasteiger partial charge in [0.05, 0.1) is 5.75 Å². The summed E-state index contributed by atoms with van der Waals surface area (Å²) in [5.74, 6) is -3.89. The van der Waals surface area contributed by atoms with Crippen molar-refractivity contribution in [2.24, 2.45) is 0 Å². The molecule has 0 nitrogen and oxygen atoms in total. The Morgan fingerprint density at radius 3 is 2.00 bits per heavy atom. The minimum atomic E-state index is -3.41. The molecular weight excluding hydrogens is 176 g/mol. The fourth-order valence-corrected chi connectivity index (χ4v) is 0.726. The molecule has 0 rings (SSSR count). The third-order valence-electron chi connectivity index (χ3n) is 0.446. The molecule has 0 spiro atoms. The van der Waals surface area contributed by atoms with Gasteiger partial charge < -0.3 is 0 Å². The number of thiol groups is 1. The van der Waals surface area contributed by atoms with E-state index in [2.05, 4.69) is 12.6 Å². The van der Waals surface area contributed by atoms with Crippen LogP contribution in [0.3, 0.4) is 0 Å². The summed E-state index contributed by atoms with van der Waals surface area (Å²) in [6.07, 6.45) is 0. The molecule has 0 heterocycles. The first-order valence-electron chi connectivity index (χ1n) is 1.92. The Balaban J connectivity index is 3.58. The third kappa shape index (κ3) is 4.90. The second-order valence-electron chi connectivity index (χ2n) is 1.17. The van der Waals surface area contributed by atoms with Gasteiger partial charge in [0.15, 0.2) is 0 Å². The predicted octanol–water partition coefficient (Wildman–Crippen LogP) is 2.46. The molecule has 0 aromatic rings. The van der Waals surface area contributed by atoms with E-state index < -0.39 is 28.5 Å². The zero-order valence-corrected chi connectivity index (χ0v) is 5.86. The summed E-state index contributed by atoms with van der Waals surface area (Å²) in [7, 11) is 0. The standard InChI is InChI=1S/C3H4F4S2/c4-2(5)9-3(6,7)1-8/h2,8H,1H2. The molecule has 0 radical (unpaired) electrons. The number of hydrogen-bond acceptors (Lipinski definition) is 2. The molecule has 56 valence electrons. The highest BCUT2D eigenvalue weighted by Crippen LogP contribution is 2.34. The highest BCUT2D eigenvalue weighted by Gasteiger charge is 2.31. The topological polar surface area (TPSA) is 0 Å². The molecule has 6 heteroatoms. The molecule has 9 heavy (non-hydrogen) atoms. The van der Waals surface area contributed by atoms with Gasteiger partial charge in [-0.05, 0) is 11.8 Å². The number of thioether (sulfide) groups is 1. The van der Waals surface area contributed by atoms with Gasteiger partial charge in [0, 0.05) is 0 Å². The maximum absolute atomic E-state index is 11.8. The second kappa shape index (κ2) is 3.55. The molecule has 0 amide bonds. The number of rotatable bonds is 3. The summed E-state index contributed by atoms with van der Waals surface area (Å²) in [4.78, 5) is 0. The lowest BCUT2D eigenvalue weighted by atomic mass is 10.8. The van der Waals surface area contributed by atoms with E-state index in [0.717, 1.165) is 0 Å². The van der Waals surface area contributed by atoms with Crippen molar-refractivity contribution in [2.45, 2.75) is 11.0 Å².